The monoisotopic (exact) mass is 242 g/mol. The van der Waals surface area contributed by atoms with Crippen LogP contribution in [0.4, 0.5) is 0 Å². The van der Waals surface area contributed by atoms with Crippen molar-refractivity contribution >= 4 is 11.9 Å². The summed E-state index contributed by atoms with van der Waals surface area (Å²) in [7, 11) is 0. The largest absolute Gasteiger partial charge is 0.422 e. The lowest BCUT2D eigenvalue weighted by molar-refractivity contribution is -0.240. The molecule has 0 heterocycles. The van der Waals surface area contributed by atoms with Gasteiger partial charge >= 0.3 is 11.9 Å². The van der Waals surface area contributed by atoms with Crippen LogP contribution in [0.15, 0.2) is 0 Å². The van der Waals surface area contributed by atoms with E-state index in [9.17, 15) is 9.59 Å². The number of hydrogen-bond acceptors (Lipinski definition) is 4. The fourth-order valence-corrected chi connectivity index (χ4v) is 2.66. The lowest BCUT2D eigenvalue weighted by atomic mass is 9.91. The fraction of sp³-hybridized carbons (Fsp3) is 0.846. The van der Waals surface area contributed by atoms with Crippen molar-refractivity contribution in [3.05, 3.63) is 0 Å². The maximum atomic E-state index is 11.2. The highest BCUT2D eigenvalue weighted by Gasteiger charge is 2.49. The smallest absolute Gasteiger partial charge is 0.305 e. The third-order valence-electron chi connectivity index (χ3n) is 3.09. The van der Waals surface area contributed by atoms with E-state index in [2.05, 4.69) is 13.8 Å². The van der Waals surface area contributed by atoms with E-state index >= 15 is 0 Å². The van der Waals surface area contributed by atoms with Crippen molar-refractivity contribution in [1.82, 2.24) is 0 Å². The number of esters is 2. The van der Waals surface area contributed by atoms with Crippen LogP contribution in [-0.2, 0) is 19.1 Å². The molecule has 0 N–H and O–H groups in total. The van der Waals surface area contributed by atoms with Crippen LogP contribution in [0.1, 0.15) is 53.4 Å². The summed E-state index contributed by atoms with van der Waals surface area (Å²) < 4.78 is 10.7. The third-order valence-corrected chi connectivity index (χ3v) is 3.09. The molecule has 1 atom stereocenters. The average molecular weight is 242 g/mol. The first kappa shape index (κ1) is 14.0. The Bertz CT molecular complexity index is 280. The predicted molar refractivity (Wildman–Crippen MR) is 63.1 cm³/mol. The summed E-state index contributed by atoms with van der Waals surface area (Å²) in [6.07, 6.45) is 3.39. The molecular formula is C13H22O4. The van der Waals surface area contributed by atoms with Gasteiger partial charge < -0.3 is 9.47 Å². The summed E-state index contributed by atoms with van der Waals surface area (Å²) in [5, 5.41) is 0. The van der Waals surface area contributed by atoms with Gasteiger partial charge in [0.1, 0.15) is 0 Å². The zero-order valence-electron chi connectivity index (χ0n) is 11.1. The van der Waals surface area contributed by atoms with Gasteiger partial charge in [-0.2, -0.15) is 0 Å². The summed E-state index contributed by atoms with van der Waals surface area (Å²) in [5.74, 6) is -1.18. The normalized spacial score (nSPS) is 22.5. The molecule has 1 aliphatic rings. The van der Waals surface area contributed by atoms with Gasteiger partial charge in [-0.25, -0.2) is 0 Å². The Balaban J connectivity index is 2.85. The van der Waals surface area contributed by atoms with E-state index in [1.54, 1.807) is 0 Å². The molecule has 0 bridgehead atoms. The molecule has 4 nitrogen and oxygen atoms in total. The summed E-state index contributed by atoms with van der Waals surface area (Å²) in [6, 6.07) is 0. The first-order valence-corrected chi connectivity index (χ1v) is 6.25. The van der Waals surface area contributed by atoms with Gasteiger partial charge in [0.15, 0.2) is 0 Å². The Morgan fingerprint density at radius 3 is 2.18 bits per heavy atom. The Kier molecular flexibility index (Phi) is 4.54. The van der Waals surface area contributed by atoms with Crippen molar-refractivity contribution in [2.24, 2.45) is 11.8 Å². The van der Waals surface area contributed by atoms with Gasteiger partial charge in [0.25, 0.3) is 5.79 Å². The molecule has 0 aromatic heterocycles. The molecule has 98 valence electrons. The number of carbonyl (C=O) groups excluding carboxylic acids is 2. The molecule has 1 fully saturated rings. The molecule has 1 unspecified atom stereocenters. The van der Waals surface area contributed by atoms with E-state index in [1.165, 1.54) is 13.8 Å². The minimum Gasteiger partial charge on any atom is -0.422 e. The van der Waals surface area contributed by atoms with Crippen molar-refractivity contribution in [2.75, 3.05) is 0 Å². The van der Waals surface area contributed by atoms with Crippen LogP contribution in [0, 0.1) is 11.8 Å². The second-order valence-corrected chi connectivity index (χ2v) is 5.22. The van der Waals surface area contributed by atoms with Gasteiger partial charge in [-0.3, -0.25) is 9.59 Å². The predicted octanol–water partition coefficient (Wildman–Crippen LogP) is 2.66. The van der Waals surface area contributed by atoms with E-state index in [0.717, 1.165) is 19.3 Å². The fourth-order valence-electron chi connectivity index (χ4n) is 2.66. The molecule has 0 amide bonds. The van der Waals surface area contributed by atoms with Gasteiger partial charge in [0.2, 0.25) is 0 Å². The molecule has 0 saturated heterocycles. The first-order chi connectivity index (χ1) is 7.85. The molecule has 0 spiro atoms. The van der Waals surface area contributed by atoms with Gasteiger partial charge in [0.05, 0.1) is 0 Å². The molecule has 1 saturated carbocycles. The molecular weight excluding hydrogens is 220 g/mol. The molecule has 0 aliphatic heterocycles. The Hall–Kier alpha value is -1.06. The minimum absolute atomic E-state index is 0.121. The topological polar surface area (TPSA) is 52.6 Å². The quantitative estimate of drug-likeness (QED) is 0.561. The molecule has 1 rings (SSSR count). The maximum Gasteiger partial charge on any atom is 0.305 e. The van der Waals surface area contributed by atoms with Crippen molar-refractivity contribution in [3.63, 3.8) is 0 Å². The number of rotatable bonds is 4. The summed E-state index contributed by atoms with van der Waals surface area (Å²) in [4.78, 5) is 22.4. The van der Waals surface area contributed by atoms with Crippen molar-refractivity contribution < 1.29 is 19.1 Å². The molecule has 0 radical (unpaired) electrons. The summed E-state index contributed by atoms with van der Waals surface area (Å²) >= 11 is 0. The number of hydrogen-bond donors (Lipinski definition) is 0. The molecule has 0 aromatic rings. The Labute approximate surface area is 103 Å². The number of carbonyl (C=O) groups is 2. The molecule has 4 heteroatoms. The van der Waals surface area contributed by atoms with Crippen LogP contribution in [0.25, 0.3) is 0 Å². The second-order valence-electron chi connectivity index (χ2n) is 5.22. The SMILES string of the molecule is CC(=O)OC1(OC(C)=O)CCCC1CC(C)C. The highest BCUT2D eigenvalue weighted by molar-refractivity contribution is 5.69. The molecule has 17 heavy (non-hydrogen) atoms. The van der Waals surface area contributed by atoms with E-state index in [4.69, 9.17) is 9.47 Å². The van der Waals surface area contributed by atoms with Crippen LogP contribution < -0.4 is 0 Å². The van der Waals surface area contributed by atoms with Gasteiger partial charge in [0, 0.05) is 26.2 Å². The zero-order valence-corrected chi connectivity index (χ0v) is 11.1. The summed E-state index contributed by atoms with van der Waals surface area (Å²) in [5.41, 5.74) is 0. The van der Waals surface area contributed by atoms with Crippen molar-refractivity contribution in [1.29, 1.82) is 0 Å². The van der Waals surface area contributed by atoms with Crippen LogP contribution in [0.3, 0.4) is 0 Å². The van der Waals surface area contributed by atoms with Crippen LogP contribution in [0.2, 0.25) is 0 Å². The van der Waals surface area contributed by atoms with Crippen molar-refractivity contribution in [2.45, 2.75) is 59.2 Å². The van der Waals surface area contributed by atoms with Crippen LogP contribution >= 0.6 is 0 Å². The van der Waals surface area contributed by atoms with E-state index < -0.39 is 5.79 Å². The van der Waals surface area contributed by atoms with E-state index in [-0.39, 0.29) is 17.9 Å². The number of ether oxygens (including phenoxy) is 2. The zero-order chi connectivity index (χ0) is 13.1. The summed E-state index contributed by atoms with van der Waals surface area (Å²) in [6.45, 7) is 6.95. The Morgan fingerprint density at radius 1 is 1.24 bits per heavy atom. The molecule has 1 aliphatic carbocycles. The highest BCUT2D eigenvalue weighted by Crippen LogP contribution is 2.43. The lowest BCUT2D eigenvalue weighted by Gasteiger charge is -2.34. The van der Waals surface area contributed by atoms with Crippen LogP contribution in [-0.4, -0.2) is 17.7 Å². The average Bonchev–Trinajstić information content (AvgIpc) is 2.45. The lowest BCUT2D eigenvalue weighted by Crippen LogP contribution is -2.43. The standard InChI is InChI=1S/C13H22O4/c1-9(2)8-12-6-5-7-13(12,16-10(3)14)17-11(4)15/h9,12H,5-8H2,1-4H3. The van der Waals surface area contributed by atoms with Gasteiger partial charge in [-0.1, -0.05) is 13.8 Å². The van der Waals surface area contributed by atoms with Gasteiger partial charge in [-0.05, 0) is 25.2 Å². The highest BCUT2D eigenvalue weighted by atomic mass is 16.7. The Morgan fingerprint density at radius 2 is 1.76 bits per heavy atom. The van der Waals surface area contributed by atoms with Crippen LogP contribution in [0.5, 0.6) is 0 Å². The van der Waals surface area contributed by atoms with Gasteiger partial charge in [-0.15, -0.1) is 0 Å². The van der Waals surface area contributed by atoms with E-state index in [1.807, 2.05) is 0 Å². The second kappa shape index (κ2) is 5.52. The third kappa shape index (κ3) is 3.72. The molecule has 0 aromatic carbocycles. The maximum absolute atomic E-state index is 11.2. The van der Waals surface area contributed by atoms with E-state index in [0.29, 0.717) is 12.3 Å². The minimum atomic E-state index is -1.01. The van der Waals surface area contributed by atoms with Crippen molar-refractivity contribution in [3.8, 4) is 0 Å². The first-order valence-electron chi connectivity index (χ1n) is 6.25.